The summed E-state index contributed by atoms with van der Waals surface area (Å²) < 4.78 is 7.90. The number of carbonyl (C=O) groups excluding carboxylic acids is 2. The molecular weight excluding hydrogens is 239 g/mol. The largest absolute Gasteiger partial charge is 0.416 e. The van der Waals surface area contributed by atoms with Crippen LogP contribution in [0, 0.1) is 0 Å². The van der Waals surface area contributed by atoms with Gasteiger partial charge < -0.3 is 19.7 Å². The van der Waals surface area contributed by atoms with E-state index in [0.717, 1.165) is 0 Å². The second-order valence-electron chi connectivity index (χ2n) is 1.02. The summed E-state index contributed by atoms with van der Waals surface area (Å²) in [5, 5.41) is 14.2. The van der Waals surface area contributed by atoms with E-state index in [4.69, 9.17) is 10.2 Å². The average Bonchev–Trinajstić information content (AvgIpc) is 1.87. The van der Waals surface area contributed by atoms with E-state index in [1.54, 1.807) is 0 Å². The zero-order valence-electron chi connectivity index (χ0n) is 5.70. The van der Waals surface area contributed by atoms with Crippen molar-refractivity contribution in [1.29, 1.82) is 0 Å². The monoisotopic (exact) mass is 252 g/mol. The van der Waals surface area contributed by atoms with Gasteiger partial charge in [-0.3, -0.25) is 0 Å². The first kappa shape index (κ1) is 23.3. The molecule has 0 spiro atoms. The van der Waals surface area contributed by atoms with Crippen LogP contribution in [0.1, 0.15) is 14.9 Å². The number of hydrogen-bond donors (Lipinski definition) is 2. The molecule has 0 atom stereocenters. The van der Waals surface area contributed by atoms with Gasteiger partial charge >= 0.3 is 10.9 Å². The van der Waals surface area contributed by atoms with Crippen LogP contribution in [-0.2, 0) is 9.47 Å². The van der Waals surface area contributed by atoms with Crippen molar-refractivity contribution in [2.45, 2.75) is 14.9 Å². The molecule has 0 bridgehead atoms. The predicted molar refractivity (Wildman–Crippen MR) is 52.3 cm³/mol. The van der Waals surface area contributed by atoms with Gasteiger partial charge in [0.25, 0.3) is 0 Å². The molecule has 2 N–H and O–H groups in total. The molecule has 0 aliphatic carbocycles. The van der Waals surface area contributed by atoms with Gasteiger partial charge in [-0.05, 0) is 0 Å². The minimum Gasteiger partial charge on any atom is -0.416 e. The van der Waals surface area contributed by atoms with E-state index >= 15 is 0 Å². The number of aliphatic hydroxyl groups is 2. The Bertz CT molecular complexity index is 126. The van der Waals surface area contributed by atoms with Crippen molar-refractivity contribution in [2.24, 2.45) is 0 Å². The predicted octanol–water partition coefficient (Wildman–Crippen LogP) is 1.90. The molecule has 0 saturated heterocycles. The van der Waals surface area contributed by atoms with E-state index in [-0.39, 0.29) is 14.9 Å². The van der Waals surface area contributed by atoms with E-state index in [1.165, 1.54) is 0 Å². The van der Waals surface area contributed by atoms with Gasteiger partial charge in [0.05, 0.1) is 0 Å². The summed E-state index contributed by atoms with van der Waals surface area (Å²) in [6.45, 7) is -1.30. The van der Waals surface area contributed by atoms with Crippen molar-refractivity contribution < 1.29 is 29.3 Å². The highest BCUT2D eigenvalue weighted by atomic mass is 35.5. The van der Waals surface area contributed by atoms with Crippen LogP contribution < -0.4 is 0 Å². The lowest BCUT2D eigenvalue weighted by molar-refractivity contribution is 0.0475. The van der Waals surface area contributed by atoms with Crippen LogP contribution in [0.4, 0.5) is 9.59 Å². The topological polar surface area (TPSA) is 93.1 Å². The lowest BCUT2D eigenvalue weighted by atomic mass is 11.3. The second-order valence-corrected chi connectivity index (χ2v) is 1.64. The van der Waals surface area contributed by atoms with Gasteiger partial charge in [0, 0.05) is 23.2 Å². The molecule has 0 aromatic carbocycles. The fourth-order valence-electron chi connectivity index (χ4n) is 0.122. The molecule has 0 aromatic heterocycles. The van der Waals surface area contributed by atoms with Crippen LogP contribution in [-0.4, -0.2) is 34.7 Å². The van der Waals surface area contributed by atoms with Crippen molar-refractivity contribution in [3.05, 3.63) is 0 Å². The molecule has 8 heteroatoms. The van der Waals surface area contributed by atoms with Gasteiger partial charge in [-0.25, -0.2) is 9.59 Å². The van der Waals surface area contributed by atoms with Crippen LogP contribution >= 0.6 is 23.2 Å². The van der Waals surface area contributed by atoms with E-state index in [1.807, 2.05) is 0 Å². The van der Waals surface area contributed by atoms with Crippen molar-refractivity contribution in [3.8, 4) is 0 Å². The quantitative estimate of drug-likeness (QED) is 0.576. The lowest BCUT2D eigenvalue weighted by Gasteiger charge is -1.96. The van der Waals surface area contributed by atoms with Gasteiger partial charge in [0.15, 0.2) is 0 Å². The average molecular weight is 253 g/mol. The van der Waals surface area contributed by atoms with Crippen LogP contribution in [0.5, 0.6) is 0 Å². The van der Waals surface area contributed by atoms with Crippen molar-refractivity contribution in [1.82, 2.24) is 0 Å². The SMILES string of the molecule is C.C.O=C(Cl)OCOC(=O)Cl.OCO. The molecule has 6 nitrogen and oxygen atoms in total. The van der Waals surface area contributed by atoms with Gasteiger partial charge in [0.1, 0.15) is 6.79 Å². The first-order chi connectivity index (χ1) is 5.54. The Morgan fingerprint density at radius 1 is 1.00 bits per heavy atom. The Morgan fingerprint density at radius 3 is 1.36 bits per heavy atom. The van der Waals surface area contributed by atoms with Crippen LogP contribution in [0.2, 0.25) is 0 Å². The second kappa shape index (κ2) is 18.3. The third-order valence-corrected chi connectivity index (χ3v) is 0.563. The molecule has 0 aromatic rings. The molecule has 14 heavy (non-hydrogen) atoms. The summed E-state index contributed by atoms with van der Waals surface area (Å²) in [6, 6.07) is 0. The highest BCUT2D eigenvalue weighted by Crippen LogP contribution is 1.90. The van der Waals surface area contributed by atoms with Gasteiger partial charge in [0.2, 0.25) is 6.79 Å². The Labute approximate surface area is 92.3 Å². The van der Waals surface area contributed by atoms with E-state index in [9.17, 15) is 9.59 Å². The van der Waals surface area contributed by atoms with Crippen molar-refractivity contribution >= 4 is 34.1 Å². The first-order valence-corrected chi connectivity index (χ1v) is 3.16. The normalized spacial score (nSPS) is 6.57. The standard InChI is InChI=1S/C3H2Cl2O4.CH4O2.2CH4/c4-2(6)8-1-9-3(5)7;2-1-3;;/h1H2;2-3H,1H2;2*1H4. The summed E-state index contributed by atoms with van der Waals surface area (Å²) in [5.74, 6) is 0. The zero-order valence-corrected chi connectivity index (χ0v) is 7.21. The number of carbonyl (C=O) groups is 2. The molecule has 0 fully saturated rings. The molecule has 0 rings (SSSR count). The lowest BCUT2D eigenvalue weighted by Crippen LogP contribution is -2.02. The summed E-state index contributed by atoms with van der Waals surface area (Å²) in [5.41, 5.74) is -2.10. The Hall–Kier alpha value is -0.560. The molecular formula is C6H14Cl2O6. The maximum atomic E-state index is 9.73. The molecule has 0 aliphatic heterocycles. The van der Waals surface area contributed by atoms with Crippen molar-refractivity contribution in [3.63, 3.8) is 0 Å². The van der Waals surface area contributed by atoms with Gasteiger partial charge in [-0.1, -0.05) is 14.9 Å². The third kappa shape index (κ3) is 42.1. The van der Waals surface area contributed by atoms with Crippen LogP contribution in [0.15, 0.2) is 0 Å². The molecule has 0 amide bonds. The van der Waals surface area contributed by atoms with Crippen LogP contribution in [0.25, 0.3) is 0 Å². The summed E-state index contributed by atoms with van der Waals surface area (Å²) in [7, 11) is 0. The third-order valence-electron chi connectivity index (χ3n) is 0.345. The smallest absolute Gasteiger partial charge is 0.406 e. The van der Waals surface area contributed by atoms with E-state index in [0.29, 0.717) is 0 Å². The molecule has 0 unspecified atom stereocenters. The highest BCUT2D eigenvalue weighted by Gasteiger charge is 1.97. The zero-order chi connectivity index (χ0) is 9.98. The van der Waals surface area contributed by atoms with Gasteiger partial charge in [-0.15, -0.1) is 0 Å². The maximum absolute atomic E-state index is 9.73. The minimum absolute atomic E-state index is 0. The molecule has 0 saturated carbocycles. The number of ether oxygens (including phenoxy) is 2. The Morgan fingerprint density at radius 2 is 1.21 bits per heavy atom. The summed E-state index contributed by atoms with van der Waals surface area (Å²) >= 11 is 9.33. The van der Waals surface area contributed by atoms with Crippen LogP contribution in [0.3, 0.4) is 0 Å². The Balaban J connectivity index is -0.0000000891. The number of aliphatic hydroxyl groups excluding tert-OH is 1. The van der Waals surface area contributed by atoms with E-state index in [2.05, 4.69) is 32.7 Å². The molecule has 88 valence electrons. The fraction of sp³-hybridized carbons (Fsp3) is 0.667. The number of hydrogen-bond acceptors (Lipinski definition) is 6. The van der Waals surface area contributed by atoms with E-state index < -0.39 is 24.4 Å². The van der Waals surface area contributed by atoms with Crippen molar-refractivity contribution in [2.75, 3.05) is 13.6 Å². The highest BCUT2D eigenvalue weighted by molar-refractivity contribution is 6.61. The molecule has 0 radical (unpaired) electrons. The fourth-order valence-corrected chi connectivity index (χ4v) is 0.211. The number of halogens is 2. The molecule has 0 aliphatic rings. The first-order valence-electron chi connectivity index (χ1n) is 2.40. The summed E-state index contributed by atoms with van der Waals surface area (Å²) in [6.07, 6.45) is 0. The van der Waals surface area contributed by atoms with Gasteiger partial charge in [-0.2, -0.15) is 0 Å². The maximum Gasteiger partial charge on any atom is 0.406 e. The summed E-state index contributed by atoms with van der Waals surface area (Å²) in [4.78, 5) is 19.5. The molecule has 0 heterocycles. The Kier molecular flexibility index (Phi) is 30.5. The number of rotatable bonds is 2. The minimum atomic E-state index is -1.05.